The van der Waals surface area contributed by atoms with E-state index in [-0.39, 0.29) is 5.91 Å². The molecule has 1 aromatic carbocycles. The highest BCUT2D eigenvalue weighted by Gasteiger charge is 2.16. The van der Waals surface area contributed by atoms with E-state index in [1.165, 1.54) is 27.8 Å². The summed E-state index contributed by atoms with van der Waals surface area (Å²) in [5, 5.41) is 7.48. The van der Waals surface area contributed by atoms with Crippen LogP contribution < -0.4 is 0 Å². The van der Waals surface area contributed by atoms with Crippen LogP contribution in [0.2, 0.25) is 0 Å². The van der Waals surface area contributed by atoms with Crippen LogP contribution in [0.5, 0.6) is 0 Å². The number of nitrogens with one attached hydrogen (secondary N) is 1. The molecule has 0 saturated heterocycles. The molecule has 0 saturated carbocycles. The van der Waals surface area contributed by atoms with E-state index in [1.807, 2.05) is 58.0 Å². The van der Waals surface area contributed by atoms with E-state index in [2.05, 4.69) is 73.4 Å². The Morgan fingerprint density at radius 3 is 1.90 bits per heavy atom. The largest absolute Gasteiger partial charge is 0.381 e. The number of hydrogen-bond acceptors (Lipinski definition) is 4. The summed E-state index contributed by atoms with van der Waals surface area (Å²) in [4.78, 5) is 15.3. The summed E-state index contributed by atoms with van der Waals surface area (Å²) in [5.74, 6) is -0.194. The molecule has 1 aromatic rings. The number of thioether (sulfide) groups is 1. The monoisotopic (exact) mass is 586 g/mol. The van der Waals surface area contributed by atoms with E-state index in [0.29, 0.717) is 11.4 Å². The number of amides is 1. The average Bonchev–Trinajstić information content (AvgIpc) is 3.00. The lowest BCUT2D eigenvalue weighted by Gasteiger charge is -2.18. The molecular formula is C36H62N2O2S. The summed E-state index contributed by atoms with van der Waals surface area (Å²) in [6.07, 6.45) is 13.9. The number of rotatable bonds is 14. The first-order valence-electron chi connectivity index (χ1n) is 14.9. The average molecular weight is 587 g/mol. The number of unbranched alkanes of at least 4 members (excludes halogenated alkanes) is 2. The molecule has 0 aliphatic rings. The second-order valence-electron chi connectivity index (χ2n) is 8.64. The van der Waals surface area contributed by atoms with Gasteiger partial charge in [0.2, 0.25) is 0 Å². The van der Waals surface area contributed by atoms with Crippen LogP contribution in [0.1, 0.15) is 100.0 Å². The van der Waals surface area contributed by atoms with Gasteiger partial charge in [0.05, 0.1) is 11.2 Å². The molecule has 41 heavy (non-hydrogen) atoms. The van der Waals surface area contributed by atoms with Crippen molar-refractivity contribution in [3.05, 3.63) is 89.9 Å². The van der Waals surface area contributed by atoms with E-state index in [4.69, 9.17) is 10.1 Å². The molecule has 0 spiro atoms. The van der Waals surface area contributed by atoms with Crippen molar-refractivity contribution in [3.8, 4) is 0 Å². The van der Waals surface area contributed by atoms with Gasteiger partial charge in [-0.2, -0.15) is 0 Å². The molecule has 0 fully saturated rings. The number of nitrogens with zero attached hydrogens (tertiary/aromatic N) is 1. The topological polar surface area (TPSA) is 53.4 Å². The third-order valence-electron chi connectivity index (χ3n) is 5.29. The van der Waals surface area contributed by atoms with E-state index in [1.54, 1.807) is 6.08 Å². The highest BCUT2D eigenvalue weighted by Crippen LogP contribution is 2.29. The fourth-order valence-electron chi connectivity index (χ4n) is 2.60. The standard InChI is InChI=1S/C19H28N2O2S.C8H14.C4H8.C3H6.C2H6/c1-4-13-23-14-9-5-8-12-21(15-20)19(22)17(3)24-18-11-7-6-10-16(18)2;1-5-7(3)8(4)6-2;1-3-4-2;1-3-2;1-2/h6-7,10-11,15,20H,3-5,8-9,12-14H2,1-2H3;5-6H,1-4H3;3H,1,4H2,2H3;3H,1H2,2H3;1-2H3/b;7-5+,8-6+;;;. The van der Waals surface area contributed by atoms with Crippen LogP contribution >= 0.6 is 11.8 Å². The number of aryl methyl sites for hydroxylation is 1. The molecule has 1 rings (SSSR count). The molecule has 0 aliphatic heterocycles. The zero-order valence-electron chi connectivity index (χ0n) is 28.1. The number of carbonyl (C=O) groups excluding carboxylic acids is 1. The zero-order chi connectivity index (χ0) is 32.5. The smallest absolute Gasteiger partial charge is 0.265 e. The minimum atomic E-state index is -0.194. The van der Waals surface area contributed by atoms with Gasteiger partial charge in [0.1, 0.15) is 0 Å². The van der Waals surface area contributed by atoms with Gasteiger partial charge in [-0.3, -0.25) is 15.1 Å². The molecule has 0 aliphatic carbocycles. The number of carbonyl (C=O) groups is 1. The van der Waals surface area contributed by atoms with Gasteiger partial charge in [0, 0.05) is 24.7 Å². The second kappa shape index (κ2) is 35.4. The maximum atomic E-state index is 12.4. The minimum Gasteiger partial charge on any atom is -0.381 e. The van der Waals surface area contributed by atoms with Crippen LogP contribution in [-0.4, -0.2) is 36.9 Å². The highest BCUT2D eigenvalue weighted by molar-refractivity contribution is 8.04. The van der Waals surface area contributed by atoms with Crippen molar-refractivity contribution < 1.29 is 9.53 Å². The maximum absolute atomic E-state index is 12.4. The Bertz CT molecular complexity index is 856. The summed E-state index contributed by atoms with van der Waals surface area (Å²) in [6, 6.07) is 7.90. The first kappa shape index (κ1) is 45.4. The van der Waals surface area contributed by atoms with Gasteiger partial charge in [0.15, 0.2) is 0 Å². The molecule has 234 valence electrons. The van der Waals surface area contributed by atoms with Gasteiger partial charge in [-0.25, -0.2) is 0 Å². The van der Waals surface area contributed by atoms with Gasteiger partial charge in [-0.05, 0) is 85.3 Å². The van der Waals surface area contributed by atoms with Crippen LogP contribution in [0.25, 0.3) is 0 Å². The lowest BCUT2D eigenvalue weighted by molar-refractivity contribution is -0.122. The predicted molar refractivity (Wildman–Crippen MR) is 188 cm³/mol. The summed E-state index contributed by atoms with van der Waals surface area (Å²) >= 11 is 1.37. The molecule has 1 N–H and O–H groups in total. The quantitative estimate of drug-likeness (QED) is 0.0448. The Morgan fingerprint density at radius 1 is 0.976 bits per heavy atom. The van der Waals surface area contributed by atoms with Crippen LogP contribution in [-0.2, 0) is 9.53 Å². The molecule has 0 bridgehead atoms. The summed E-state index contributed by atoms with van der Waals surface area (Å²) in [6.45, 7) is 33.3. The van der Waals surface area contributed by atoms with Crippen molar-refractivity contribution in [1.82, 2.24) is 4.90 Å². The Kier molecular flexibility index (Phi) is 39.2. The summed E-state index contributed by atoms with van der Waals surface area (Å²) < 4.78 is 5.44. The Hall–Kier alpha value is -2.63. The first-order chi connectivity index (χ1) is 19.6. The Morgan fingerprint density at radius 2 is 1.49 bits per heavy atom. The molecule has 0 aromatic heterocycles. The normalized spacial score (nSPS) is 10.0. The summed E-state index contributed by atoms with van der Waals surface area (Å²) in [5.41, 5.74) is 3.85. The van der Waals surface area contributed by atoms with Gasteiger partial charge >= 0.3 is 0 Å². The van der Waals surface area contributed by atoms with E-state index in [9.17, 15) is 4.79 Å². The van der Waals surface area contributed by atoms with Crippen LogP contribution in [0.15, 0.2) is 89.3 Å². The molecule has 0 atom stereocenters. The van der Waals surface area contributed by atoms with Crippen molar-refractivity contribution in [2.24, 2.45) is 0 Å². The van der Waals surface area contributed by atoms with Gasteiger partial charge in [-0.15, -0.1) is 13.2 Å². The van der Waals surface area contributed by atoms with E-state index < -0.39 is 0 Å². The van der Waals surface area contributed by atoms with Crippen LogP contribution in [0, 0.1) is 12.3 Å². The minimum absolute atomic E-state index is 0.194. The number of ether oxygens (including phenoxy) is 1. The molecule has 0 unspecified atom stereocenters. The van der Waals surface area contributed by atoms with E-state index in [0.717, 1.165) is 62.1 Å². The lowest BCUT2D eigenvalue weighted by Crippen LogP contribution is -2.30. The van der Waals surface area contributed by atoms with Crippen molar-refractivity contribution in [3.63, 3.8) is 0 Å². The fraction of sp³-hybridized carbons (Fsp3) is 0.500. The molecule has 0 radical (unpaired) electrons. The van der Waals surface area contributed by atoms with Crippen molar-refractivity contribution >= 4 is 24.0 Å². The third-order valence-corrected chi connectivity index (χ3v) is 6.39. The zero-order valence-corrected chi connectivity index (χ0v) is 29.0. The van der Waals surface area contributed by atoms with Crippen molar-refractivity contribution in [2.45, 2.75) is 106 Å². The maximum Gasteiger partial charge on any atom is 0.265 e. The third kappa shape index (κ3) is 28.7. The molecule has 5 heteroatoms. The Labute approximate surface area is 259 Å². The van der Waals surface area contributed by atoms with Crippen molar-refractivity contribution in [1.29, 1.82) is 5.41 Å². The summed E-state index contributed by atoms with van der Waals surface area (Å²) in [7, 11) is 0. The lowest BCUT2D eigenvalue weighted by atomic mass is 10.1. The van der Waals surface area contributed by atoms with Crippen LogP contribution in [0.3, 0.4) is 0 Å². The number of allylic oxidation sites excluding steroid dienone is 6. The van der Waals surface area contributed by atoms with E-state index >= 15 is 0 Å². The number of hydrogen-bond donors (Lipinski definition) is 1. The Balaban J connectivity index is -0.000000330. The first-order valence-corrected chi connectivity index (χ1v) is 15.7. The number of benzene rings is 1. The van der Waals surface area contributed by atoms with Gasteiger partial charge in [-0.1, -0.05) is 99.7 Å². The predicted octanol–water partition coefficient (Wildman–Crippen LogP) is 11.4. The molecule has 4 nitrogen and oxygen atoms in total. The van der Waals surface area contributed by atoms with Gasteiger partial charge in [0.25, 0.3) is 5.91 Å². The molecular weight excluding hydrogens is 524 g/mol. The van der Waals surface area contributed by atoms with Crippen LogP contribution in [0.4, 0.5) is 0 Å². The second-order valence-corrected chi connectivity index (χ2v) is 9.78. The van der Waals surface area contributed by atoms with Crippen molar-refractivity contribution in [2.75, 3.05) is 19.8 Å². The fourth-order valence-corrected chi connectivity index (χ4v) is 3.44. The molecule has 1 amide bonds. The van der Waals surface area contributed by atoms with Gasteiger partial charge < -0.3 is 4.74 Å². The highest BCUT2D eigenvalue weighted by atomic mass is 32.2. The SMILES string of the molecule is C/C=C(C)/C(C)=C/C.C=C(Sc1ccccc1C)C(=O)N(C=N)CCCCCOCCC.C=CC.C=CCC.CC. The molecule has 0 heterocycles.